The molecule has 2 aromatic carbocycles. The molecule has 8 atom stereocenters. The molecule has 3 aliphatic heterocycles. The Morgan fingerprint density at radius 3 is 2.45 bits per heavy atom. The third kappa shape index (κ3) is 10.2. The number of hydrogen-bond acceptors (Lipinski definition) is 12. The number of aliphatic hydroxyl groups excluding tert-OH is 2. The number of nitrogens with two attached hydrogens (primary N) is 1. The second kappa shape index (κ2) is 19.8. The summed E-state index contributed by atoms with van der Waals surface area (Å²) in [6.07, 6.45) is 4.78. The van der Waals surface area contributed by atoms with Crippen molar-refractivity contribution in [3.8, 4) is 0 Å². The van der Waals surface area contributed by atoms with Crippen molar-refractivity contribution in [2.45, 2.75) is 114 Å². The fourth-order valence-corrected chi connectivity index (χ4v) is 8.81. The van der Waals surface area contributed by atoms with Gasteiger partial charge in [0.2, 0.25) is 18.2 Å². The quantitative estimate of drug-likeness (QED) is 0.0977. The van der Waals surface area contributed by atoms with Gasteiger partial charge in [-0.2, -0.15) is 0 Å². The normalized spacial score (nSPS) is 25.1. The van der Waals surface area contributed by atoms with E-state index in [4.69, 9.17) is 15.2 Å². The van der Waals surface area contributed by atoms with Crippen LogP contribution in [-0.4, -0.2) is 128 Å². The van der Waals surface area contributed by atoms with E-state index in [-0.39, 0.29) is 38.3 Å². The van der Waals surface area contributed by atoms with E-state index in [0.717, 1.165) is 59.1 Å². The number of aromatic amines is 1. The van der Waals surface area contributed by atoms with Gasteiger partial charge in [-0.25, -0.2) is 19.6 Å². The van der Waals surface area contributed by atoms with Gasteiger partial charge < -0.3 is 56.6 Å². The lowest BCUT2D eigenvalue weighted by molar-refractivity contribution is -0.166. The summed E-state index contributed by atoms with van der Waals surface area (Å²) in [5.74, 6) is -3.00. The predicted molar refractivity (Wildman–Crippen MR) is 222 cm³/mol. The molecule has 0 bridgehead atoms. The van der Waals surface area contributed by atoms with Crippen molar-refractivity contribution in [1.82, 2.24) is 41.2 Å². The van der Waals surface area contributed by atoms with Crippen LogP contribution in [0.5, 0.6) is 0 Å². The Hall–Kier alpha value is -6.02. The van der Waals surface area contributed by atoms with Crippen molar-refractivity contribution < 1.29 is 48.5 Å². The zero-order chi connectivity index (χ0) is 43.9. The number of rotatable bonds is 15. The molecule has 9 N–H and O–H groups in total. The van der Waals surface area contributed by atoms with Crippen LogP contribution in [0.1, 0.15) is 63.0 Å². The molecule has 3 aromatic rings. The van der Waals surface area contributed by atoms with Gasteiger partial charge in [0, 0.05) is 42.2 Å². The van der Waals surface area contributed by atoms with E-state index in [1.165, 1.54) is 22.2 Å². The molecule has 0 spiro atoms. The molecule has 4 aliphatic rings. The minimum absolute atomic E-state index is 0.0129. The second-order valence-electron chi connectivity index (χ2n) is 16.3. The van der Waals surface area contributed by atoms with Crippen molar-refractivity contribution in [2.24, 2.45) is 11.7 Å². The molecule has 62 heavy (non-hydrogen) atoms. The average molecular weight is 858 g/mol. The number of aromatic nitrogens is 1. The van der Waals surface area contributed by atoms with E-state index in [9.17, 15) is 39.0 Å². The summed E-state index contributed by atoms with van der Waals surface area (Å²) < 4.78 is 11.7. The lowest BCUT2D eigenvalue weighted by Crippen LogP contribution is -2.57. The maximum atomic E-state index is 14.3. The number of carbonyl (C=O) groups excluding carboxylic acids is 6. The number of esters is 1. The van der Waals surface area contributed by atoms with Crippen molar-refractivity contribution in [1.29, 1.82) is 0 Å². The summed E-state index contributed by atoms with van der Waals surface area (Å²) in [7, 11) is 0. The Balaban J connectivity index is 1.06. The van der Waals surface area contributed by atoms with Crippen LogP contribution in [-0.2, 0) is 46.5 Å². The SMILES string of the molecule is C[C@H]1[C@H](NC(=O)[C@H](CC2CCCCC2)NC(=O)N[C@@H](Cc2c[nH]c3ccccc23)C(=O)OCc2ccccc2)C(=O)N(C[C@H]2C[C@@H](O)[C@H](N3C=CC(=O)NC3O)O2)N1C(=O)CN. The summed E-state index contributed by atoms with van der Waals surface area (Å²) in [4.78, 5) is 85.5. The number of amides is 6. The number of carbonyl (C=O) groups is 6. The average Bonchev–Trinajstić information content (AvgIpc) is 3.92. The molecule has 332 valence electrons. The summed E-state index contributed by atoms with van der Waals surface area (Å²) in [5, 5.41) is 35.1. The van der Waals surface area contributed by atoms with Gasteiger partial charge in [-0.15, -0.1) is 0 Å². The van der Waals surface area contributed by atoms with Crippen LogP contribution in [0, 0.1) is 5.92 Å². The minimum Gasteiger partial charge on any atom is -0.459 e. The molecule has 1 aromatic heterocycles. The van der Waals surface area contributed by atoms with Gasteiger partial charge in [-0.05, 0) is 36.5 Å². The van der Waals surface area contributed by atoms with Crippen LogP contribution in [0.15, 0.2) is 73.1 Å². The number of urea groups is 1. The number of hydrogen-bond donors (Lipinski definition) is 8. The molecular weight excluding hydrogens is 803 g/mol. The molecule has 0 radical (unpaired) electrons. The topological polar surface area (TPSA) is 261 Å². The molecule has 2 saturated heterocycles. The van der Waals surface area contributed by atoms with Gasteiger partial charge in [0.05, 0.1) is 25.2 Å². The lowest BCUT2D eigenvalue weighted by atomic mass is 9.84. The number of hydrazine groups is 1. The number of benzene rings is 2. The number of fused-ring (bicyclic) bond motifs is 1. The summed E-state index contributed by atoms with van der Waals surface area (Å²) in [5.41, 5.74) is 8.18. The lowest BCUT2D eigenvalue weighted by Gasteiger charge is -2.35. The number of nitrogens with one attached hydrogen (secondary N) is 5. The van der Waals surface area contributed by atoms with Crippen molar-refractivity contribution >= 4 is 46.5 Å². The molecule has 3 fully saturated rings. The van der Waals surface area contributed by atoms with Crippen molar-refractivity contribution in [2.75, 3.05) is 13.1 Å². The molecule has 4 heterocycles. The summed E-state index contributed by atoms with van der Waals surface area (Å²) >= 11 is 0. The Kier molecular flexibility index (Phi) is 14.1. The fourth-order valence-electron chi connectivity index (χ4n) is 8.81. The Labute approximate surface area is 358 Å². The highest BCUT2D eigenvalue weighted by Crippen LogP contribution is 2.31. The molecule has 19 nitrogen and oxygen atoms in total. The maximum Gasteiger partial charge on any atom is 0.329 e. The number of aliphatic hydroxyl groups is 2. The summed E-state index contributed by atoms with van der Waals surface area (Å²) in [6.45, 7) is 0.920. The van der Waals surface area contributed by atoms with Crippen LogP contribution in [0.4, 0.5) is 4.79 Å². The zero-order valence-corrected chi connectivity index (χ0v) is 34.5. The van der Waals surface area contributed by atoms with E-state index in [2.05, 4.69) is 26.3 Å². The Morgan fingerprint density at radius 1 is 0.984 bits per heavy atom. The molecule has 1 unspecified atom stereocenters. The molecular formula is C43H55N9O10. The van der Waals surface area contributed by atoms with Gasteiger partial charge in [0.1, 0.15) is 30.8 Å². The highest BCUT2D eigenvalue weighted by atomic mass is 16.5. The largest absolute Gasteiger partial charge is 0.459 e. The van der Waals surface area contributed by atoms with Crippen LogP contribution >= 0.6 is 0 Å². The number of para-hydroxylation sites is 1. The smallest absolute Gasteiger partial charge is 0.329 e. The van der Waals surface area contributed by atoms with Gasteiger partial charge >= 0.3 is 12.0 Å². The second-order valence-corrected chi connectivity index (χ2v) is 16.3. The van der Waals surface area contributed by atoms with Crippen molar-refractivity contribution in [3.63, 3.8) is 0 Å². The van der Waals surface area contributed by atoms with Crippen LogP contribution in [0.2, 0.25) is 0 Å². The van der Waals surface area contributed by atoms with Gasteiger partial charge in [0.15, 0.2) is 6.23 Å². The van der Waals surface area contributed by atoms with Crippen LogP contribution in [0.25, 0.3) is 10.9 Å². The molecule has 6 amide bonds. The van der Waals surface area contributed by atoms with Gasteiger partial charge in [-0.3, -0.25) is 19.2 Å². The molecule has 7 rings (SSSR count). The first-order valence-corrected chi connectivity index (χ1v) is 21.1. The number of H-pyrrole nitrogens is 1. The third-order valence-corrected chi connectivity index (χ3v) is 12.0. The fraction of sp³-hybridized carbons (Fsp3) is 0.488. The van der Waals surface area contributed by atoms with Gasteiger partial charge in [-0.1, -0.05) is 80.6 Å². The van der Waals surface area contributed by atoms with E-state index in [1.807, 2.05) is 54.6 Å². The highest BCUT2D eigenvalue weighted by molar-refractivity contribution is 5.96. The van der Waals surface area contributed by atoms with E-state index < -0.39 is 91.1 Å². The first kappa shape index (κ1) is 44.0. The van der Waals surface area contributed by atoms with Crippen molar-refractivity contribution in [3.05, 3.63) is 84.2 Å². The zero-order valence-electron chi connectivity index (χ0n) is 34.5. The first-order valence-electron chi connectivity index (χ1n) is 21.1. The number of nitrogens with zero attached hydrogens (tertiary/aromatic N) is 3. The monoisotopic (exact) mass is 857 g/mol. The van der Waals surface area contributed by atoms with E-state index in [0.29, 0.717) is 0 Å². The Bertz CT molecular complexity index is 2130. The summed E-state index contributed by atoms with van der Waals surface area (Å²) in [6, 6.07) is 11.5. The minimum atomic E-state index is -1.47. The maximum absolute atomic E-state index is 14.3. The van der Waals surface area contributed by atoms with Gasteiger partial charge in [0.25, 0.3) is 11.8 Å². The Morgan fingerprint density at radius 2 is 1.71 bits per heavy atom. The van der Waals surface area contributed by atoms with Crippen LogP contribution in [0.3, 0.4) is 0 Å². The molecule has 1 aliphatic carbocycles. The van der Waals surface area contributed by atoms with Crippen LogP contribution < -0.4 is 27.0 Å². The standard InChI is InChI=1S/C43H55N9O10/c1-25-37(39(57)51(52(25)36(55)21-44)23-29-20-34(53)40(62-29)50-17-16-35(54)48-43(50)60)49-38(56)32(18-26-10-4-2-5-11-26)46-42(59)47-33(41(58)61-24-27-12-6-3-7-13-27)19-28-22-45-31-15-9-8-14-30(28)31/h3,6-9,12-17,22,25-26,29,32-34,37,40,43,45,53,60H,2,4-5,10-11,18-21,23-24,44H2,1H3,(H,48,54)(H,49,56)(H2,46,47,59)/t25-,29+,32-,33-,34+,37-,40+,43?/m0/s1. The van der Waals surface area contributed by atoms with E-state index >= 15 is 0 Å². The predicted octanol–water partition coefficient (Wildman–Crippen LogP) is 0.576. The van der Waals surface area contributed by atoms with E-state index in [1.54, 1.807) is 13.1 Å². The first-order chi connectivity index (χ1) is 29.9. The number of ether oxygens (including phenoxy) is 2. The highest BCUT2D eigenvalue weighted by Gasteiger charge is 2.50. The molecule has 19 heteroatoms. The third-order valence-electron chi connectivity index (χ3n) is 12.0. The molecule has 1 saturated carbocycles.